The summed E-state index contributed by atoms with van der Waals surface area (Å²) in [5.74, 6) is 0.118. The van der Waals surface area contributed by atoms with Gasteiger partial charge in [-0.1, -0.05) is 43.7 Å². The van der Waals surface area contributed by atoms with Gasteiger partial charge in [0.25, 0.3) is 0 Å². The second kappa shape index (κ2) is 7.96. The Hall–Kier alpha value is -1.22. The first-order chi connectivity index (χ1) is 8.24. The first kappa shape index (κ1) is 13.8. The lowest BCUT2D eigenvalue weighted by Crippen LogP contribution is -2.07. The van der Waals surface area contributed by atoms with Crippen LogP contribution in [-0.2, 0) is 4.74 Å². The van der Waals surface area contributed by atoms with E-state index in [2.05, 4.69) is 6.92 Å². The minimum atomic E-state index is 0.118. The van der Waals surface area contributed by atoms with Gasteiger partial charge in [0, 0.05) is 18.4 Å². The van der Waals surface area contributed by atoms with Crippen molar-refractivity contribution in [1.82, 2.24) is 0 Å². The zero-order valence-corrected chi connectivity index (χ0v) is 11.0. The number of Topliss-reactive ketones (excluding diaryl/α,β-unsaturated/α-hetero) is 1. The number of hydrogen-bond donors (Lipinski definition) is 0. The van der Waals surface area contributed by atoms with E-state index in [1.807, 2.05) is 30.3 Å². The van der Waals surface area contributed by atoms with Crippen LogP contribution in [0.5, 0.6) is 0 Å². The van der Waals surface area contributed by atoms with Gasteiger partial charge < -0.3 is 4.74 Å². The van der Waals surface area contributed by atoms with Crippen molar-refractivity contribution >= 4 is 23.1 Å². The van der Waals surface area contributed by atoms with E-state index in [-0.39, 0.29) is 5.78 Å². The van der Waals surface area contributed by atoms with Gasteiger partial charge in [-0.2, -0.15) is 0 Å². The molecule has 0 N–H and O–H groups in total. The molecular formula is C14H18O2S. The number of unbranched alkanes of at least 4 members (excludes halogenated alkanes) is 1. The fraction of sp³-hybridized carbons (Fsp3) is 0.429. The molecule has 1 rings (SSSR count). The summed E-state index contributed by atoms with van der Waals surface area (Å²) in [5.41, 5.74) is 0.740. The fourth-order valence-corrected chi connectivity index (χ4v) is 1.57. The highest BCUT2D eigenvalue weighted by Gasteiger charge is 2.07. The van der Waals surface area contributed by atoms with Crippen LogP contribution >= 0.6 is 12.2 Å². The second-order valence-electron chi connectivity index (χ2n) is 3.86. The molecule has 0 aliphatic carbocycles. The first-order valence-corrected chi connectivity index (χ1v) is 6.38. The Bertz CT molecular complexity index is 360. The molecule has 0 saturated carbocycles. The molecule has 3 heteroatoms. The molecule has 0 spiro atoms. The summed E-state index contributed by atoms with van der Waals surface area (Å²) in [6.07, 6.45) is 3.06. The number of ketones is 1. The number of ether oxygens (including phenoxy) is 1. The standard InChI is InChI=1S/C14H18O2S/c1-2-3-11-16-14(17)10-9-13(15)12-7-5-4-6-8-12/h4-8H,2-3,9-11H2,1H3. The van der Waals surface area contributed by atoms with Gasteiger partial charge in [-0.15, -0.1) is 0 Å². The summed E-state index contributed by atoms with van der Waals surface area (Å²) >= 11 is 5.06. The zero-order valence-electron chi connectivity index (χ0n) is 10.1. The summed E-state index contributed by atoms with van der Waals surface area (Å²) < 4.78 is 5.35. The minimum absolute atomic E-state index is 0.118. The van der Waals surface area contributed by atoms with Crippen molar-refractivity contribution in [2.45, 2.75) is 32.6 Å². The van der Waals surface area contributed by atoms with E-state index >= 15 is 0 Å². The summed E-state index contributed by atoms with van der Waals surface area (Å²) in [4.78, 5) is 11.8. The molecular weight excluding hydrogens is 232 g/mol. The molecule has 0 aliphatic rings. The van der Waals surface area contributed by atoms with Crippen molar-refractivity contribution < 1.29 is 9.53 Å². The molecule has 0 bridgehead atoms. The molecule has 0 fully saturated rings. The Morgan fingerprint density at radius 3 is 2.59 bits per heavy atom. The third-order valence-corrected chi connectivity index (χ3v) is 2.73. The summed E-state index contributed by atoms with van der Waals surface area (Å²) in [7, 11) is 0. The van der Waals surface area contributed by atoms with Crippen molar-refractivity contribution in [3.05, 3.63) is 35.9 Å². The smallest absolute Gasteiger partial charge is 0.163 e. The van der Waals surface area contributed by atoms with E-state index in [4.69, 9.17) is 17.0 Å². The number of rotatable bonds is 7. The lowest BCUT2D eigenvalue weighted by Gasteiger charge is -2.06. The largest absolute Gasteiger partial charge is 0.487 e. The fourth-order valence-electron chi connectivity index (χ4n) is 1.39. The molecule has 0 heterocycles. The van der Waals surface area contributed by atoms with Crippen molar-refractivity contribution in [2.75, 3.05) is 6.61 Å². The zero-order chi connectivity index (χ0) is 12.5. The van der Waals surface area contributed by atoms with Crippen molar-refractivity contribution in [3.8, 4) is 0 Å². The SMILES string of the molecule is CCCCOC(=S)CCC(=O)c1ccccc1. The van der Waals surface area contributed by atoms with Crippen LogP contribution < -0.4 is 0 Å². The topological polar surface area (TPSA) is 26.3 Å². The van der Waals surface area contributed by atoms with Crippen LogP contribution in [0.1, 0.15) is 43.0 Å². The molecule has 0 radical (unpaired) electrons. The molecule has 92 valence electrons. The van der Waals surface area contributed by atoms with Gasteiger partial charge in [-0.05, 0) is 18.6 Å². The molecule has 0 amide bonds. The molecule has 0 aliphatic heterocycles. The van der Waals surface area contributed by atoms with E-state index in [0.717, 1.165) is 18.4 Å². The third kappa shape index (κ3) is 5.59. The maximum absolute atomic E-state index is 11.8. The Balaban J connectivity index is 2.26. The molecule has 17 heavy (non-hydrogen) atoms. The maximum Gasteiger partial charge on any atom is 0.163 e. The molecule has 0 atom stereocenters. The van der Waals surface area contributed by atoms with E-state index in [1.54, 1.807) is 0 Å². The maximum atomic E-state index is 11.8. The Labute approximate surface area is 108 Å². The predicted octanol–water partition coefficient (Wildman–Crippen LogP) is 3.79. The highest BCUT2D eigenvalue weighted by Crippen LogP contribution is 2.06. The van der Waals surface area contributed by atoms with Crippen molar-refractivity contribution in [3.63, 3.8) is 0 Å². The monoisotopic (exact) mass is 250 g/mol. The predicted molar refractivity (Wildman–Crippen MR) is 73.5 cm³/mol. The molecule has 1 aromatic carbocycles. The van der Waals surface area contributed by atoms with E-state index in [1.165, 1.54) is 0 Å². The highest BCUT2D eigenvalue weighted by molar-refractivity contribution is 7.80. The van der Waals surface area contributed by atoms with Gasteiger partial charge >= 0.3 is 0 Å². The normalized spacial score (nSPS) is 9.94. The summed E-state index contributed by atoms with van der Waals surface area (Å²) in [5, 5.41) is 0.544. The Morgan fingerprint density at radius 2 is 1.94 bits per heavy atom. The molecule has 2 nitrogen and oxygen atoms in total. The number of hydrogen-bond acceptors (Lipinski definition) is 3. The van der Waals surface area contributed by atoms with E-state index in [0.29, 0.717) is 24.5 Å². The van der Waals surface area contributed by atoms with Crippen LogP contribution in [0.4, 0.5) is 0 Å². The van der Waals surface area contributed by atoms with Crippen LogP contribution in [0.15, 0.2) is 30.3 Å². The highest BCUT2D eigenvalue weighted by atomic mass is 32.1. The summed E-state index contributed by atoms with van der Waals surface area (Å²) in [6, 6.07) is 9.27. The van der Waals surface area contributed by atoms with E-state index < -0.39 is 0 Å². The quantitative estimate of drug-likeness (QED) is 0.418. The first-order valence-electron chi connectivity index (χ1n) is 5.98. The average Bonchev–Trinajstić information content (AvgIpc) is 2.37. The Morgan fingerprint density at radius 1 is 1.24 bits per heavy atom. The van der Waals surface area contributed by atoms with E-state index in [9.17, 15) is 4.79 Å². The van der Waals surface area contributed by atoms with Crippen LogP contribution in [0.2, 0.25) is 0 Å². The minimum Gasteiger partial charge on any atom is -0.487 e. The number of thiocarbonyl (C=S) groups is 1. The Kier molecular flexibility index (Phi) is 6.48. The molecule has 0 aromatic heterocycles. The van der Waals surface area contributed by atoms with Gasteiger partial charge in [-0.3, -0.25) is 4.79 Å². The van der Waals surface area contributed by atoms with Crippen LogP contribution in [0, 0.1) is 0 Å². The molecule has 0 unspecified atom stereocenters. The van der Waals surface area contributed by atoms with Gasteiger partial charge in [-0.25, -0.2) is 0 Å². The second-order valence-corrected chi connectivity index (χ2v) is 4.32. The van der Waals surface area contributed by atoms with Gasteiger partial charge in [0.05, 0.1) is 6.61 Å². The number of benzene rings is 1. The summed E-state index contributed by atoms with van der Waals surface area (Å²) in [6.45, 7) is 2.76. The molecule has 0 saturated heterocycles. The lowest BCUT2D eigenvalue weighted by molar-refractivity contribution is 0.0982. The van der Waals surface area contributed by atoms with Crippen LogP contribution in [-0.4, -0.2) is 17.4 Å². The van der Waals surface area contributed by atoms with Crippen LogP contribution in [0.25, 0.3) is 0 Å². The van der Waals surface area contributed by atoms with Gasteiger partial charge in [0.2, 0.25) is 0 Å². The number of carbonyl (C=O) groups excluding carboxylic acids is 1. The lowest BCUT2D eigenvalue weighted by atomic mass is 10.1. The van der Waals surface area contributed by atoms with Crippen molar-refractivity contribution in [2.24, 2.45) is 0 Å². The van der Waals surface area contributed by atoms with Crippen LogP contribution in [0.3, 0.4) is 0 Å². The average molecular weight is 250 g/mol. The molecule has 1 aromatic rings. The van der Waals surface area contributed by atoms with Crippen molar-refractivity contribution in [1.29, 1.82) is 0 Å². The third-order valence-electron chi connectivity index (χ3n) is 2.41. The van der Waals surface area contributed by atoms with Gasteiger partial charge in [0.15, 0.2) is 10.8 Å². The van der Waals surface area contributed by atoms with Gasteiger partial charge in [0.1, 0.15) is 0 Å². The number of carbonyl (C=O) groups is 1.